The Bertz CT molecular complexity index is 1120. The van der Waals surface area contributed by atoms with Crippen molar-refractivity contribution in [2.45, 2.75) is 77.6 Å². The Kier molecular flexibility index (Phi) is 4.44. The van der Waals surface area contributed by atoms with Crippen molar-refractivity contribution in [2.24, 2.45) is 28.1 Å². The second-order valence-corrected chi connectivity index (χ2v) is 11.6. The quantitative estimate of drug-likeness (QED) is 0.490. The van der Waals surface area contributed by atoms with Crippen LogP contribution in [0.2, 0.25) is 0 Å². The van der Waals surface area contributed by atoms with Crippen LogP contribution in [0, 0.1) is 28.1 Å². The summed E-state index contributed by atoms with van der Waals surface area (Å²) >= 11 is 0. The molecule has 4 fully saturated rings. The van der Waals surface area contributed by atoms with Gasteiger partial charge in [-0.2, -0.15) is 0 Å². The predicted molar refractivity (Wildman–Crippen MR) is 119 cm³/mol. The summed E-state index contributed by atoms with van der Waals surface area (Å²) in [5.74, 6) is -1.02. The molecule has 0 spiro atoms. The number of fused-ring (bicyclic) bond motifs is 4. The highest BCUT2D eigenvalue weighted by Crippen LogP contribution is 2.72. The molecule has 3 aliphatic carbocycles. The molecule has 2 saturated carbocycles. The standard InChI is InChI=1S/C27H32O7/c1-13-15(14-7-9-32-12-14)10-16-20(13)27(4)17(11-19(29)31-5)26(3)18(28)6-8-25(2)22(26)21(23(27)33-16)34-24(25)30/h7,9,12,15-17,21-23H,6,8,10-11H2,1-5H3/t15-,16+,17-,21-,22?,23-,25-,26+,27-/m1/s1. The lowest BCUT2D eigenvalue weighted by Gasteiger charge is -2.60. The van der Waals surface area contributed by atoms with E-state index >= 15 is 0 Å². The first-order valence-corrected chi connectivity index (χ1v) is 12.3. The summed E-state index contributed by atoms with van der Waals surface area (Å²) in [5.41, 5.74) is 1.15. The number of hydrogen-bond donors (Lipinski definition) is 0. The molecule has 6 rings (SSSR count). The van der Waals surface area contributed by atoms with Crippen molar-refractivity contribution in [3.05, 3.63) is 35.3 Å². The molecule has 1 aromatic rings. The summed E-state index contributed by atoms with van der Waals surface area (Å²) in [6, 6.07) is 1.98. The molecule has 5 aliphatic rings. The van der Waals surface area contributed by atoms with Crippen LogP contribution in [-0.2, 0) is 28.6 Å². The van der Waals surface area contributed by atoms with Crippen molar-refractivity contribution in [3.63, 3.8) is 0 Å². The van der Waals surface area contributed by atoms with E-state index in [0.717, 1.165) is 17.6 Å². The number of ketones is 1. The number of rotatable bonds is 3. The highest BCUT2D eigenvalue weighted by Gasteiger charge is 2.78. The van der Waals surface area contributed by atoms with Crippen LogP contribution in [0.25, 0.3) is 0 Å². The molecule has 0 radical (unpaired) electrons. The largest absolute Gasteiger partial charge is 0.472 e. The van der Waals surface area contributed by atoms with Crippen molar-refractivity contribution in [1.29, 1.82) is 0 Å². The summed E-state index contributed by atoms with van der Waals surface area (Å²) in [4.78, 5) is 39.8. The molecule has 182 valence electrons. The third-order valence-corrected chi connectivity index (χ3v) is 10.3. The summed E-state index contributed by atoms with van der Waals surface area (Å²) in [7, 11) is 1.38. The molecule has 2 saturated heterocycles. The van der Waals surface area contributed by atoms with Gasteiger partial charge in [0.05, 0.1) is 37.6 Å². The Morgan fingerprint density at radius 2 is 1.97 bits per heavy atom. The molecule has 1 unspecified atom stereocenters. The van der Waals surface area contributed by atoms with E-state index in [1.165, 1.54) is 12.7 Å². The lowest BCUT2D eigenvalue weighted by atomic mass is 9.40. The maximum atomic E-state index is 13.8. The van der Waals surface area contributed by atoms with Crippen LogP contribution in [0.1, 0.15) is 64.9 Å². The maximum Gasteiger partial charge on any atom is 0.312 e. The number of methoxy groups -OCH3 is 1. The first-order valence-electron chi connectivity index (χ1n) is 12.3. The van der Waals surface area contributed by atoms with Gasteiger partial charge in [-0.3, -0.25) is 14.4 Å². The van der Waals surface area contributed by atoms with Gasteiger partial charge in [-0.05, 0) is 49.8 Å². The molecule has 34 heavy (non-hydrogen) atoms. The third kappa shape index (κ3) is 2.39. The van der Waals surface area contributed by atoms with Gasteiger partial charge in [0.25, 0.3) is 0 Å². The fourth-order valence-corrected chi connectivity index (χ4v) is 8.82. The van der Waals surface area contributed by atoms with E-state index in [9.17, 15) is 14.4 Å². The Morgan fingerprint density at radius 1 is 1.21 bits per heavy atom. The number of Topliss-reactive ketones (excluding diaryl/α,β-unsaturated/α-hetero) is 1. The molecular weight excluding hydrogens is 436 g/mol. The van der Waals surface area contributed by atoms with Gasteiger partial charge in [-0.15, -0.1) is 0 Å². The van der Waals surface area contributed by atoms with Crippen LogP contribution in [-0.4, -0.2) is 43.1 Å². The highest BCUT2D eigenvalue weighted by molar-refractivity contribution is 5.92. The van der Waals surface area contributed by atoms with Gasteiger partial charge < -0.3 is 18.6 Å². The number of carbonyl (C=O) groups is 3. The number of furan rings is 1. The van der Waals surface area contributed by atoms with Crippen molar-refractivity contribution in [3.8, 4) is 0 Å². The van der Waals surface area contributed by atoms with Gasteiger partial charge in [0.1, 0.15) is 18.0 Å². The Morgan fingerprint density at radius 3 is 2.65 bits per heavy atom. The molecule has 0 aromatic carbocycles. The van der Waals surface area contributed by atoms with Crippen LogP contribution in [0.15, 0.2) is 34.2 Å². The van der Waals surface area contributed by atoms with E-state index in [4.69, 9.17) is 18.6 Å². The second kappa shape index (κ2) is 6.84. The summed E-state index contributed by atoms with van der Waals surface area (Å²) < 4.78 is 23.3. The molecule has 2 aliphatic heterocycles. The topological polar surface area (TPSA) is 92.0 Å². The number of esters is 2. The fourth-order valence-electron chi connectivity index (χ4n) is 8.82. The van der Waals surface area contributed by atoms with Crippen LogP contribution < -0.4 is 0 Å². The Labute approximate surface area is 199 Å². The molecule has 3 heterocycles. The Balaban J connectivity index is 1.56. The number of allylic oxidation sites excluding steroid dienone is 1. The van der Waals surface area contributed by atoms with Crippen LogP contribution in [0.3, 0.4) is 0 Å². The zero-order valence-electron chi connectivity index (χ0n) is 20.4. The van der Waals surface area contributed by atoms with Crippen LogP contribution >= 0.6 is 0 Å². The van der Waals surface area contributed by atoms with Crippen molar-refractivity contribution < 1.29 is 33.0 Å². The molecule has 0 amide bonds. The number of ether oxygens (including phenoxy) is 3. The minimum absolute atomic E-state index is 0.0997. The minimum atomic E-state index is -0.900. The van der Waals surface area contributed by atoms with Gasteiger partial charge in [0.15, 0.2) is 0 Å². The summed E-state index contributed by atoms with van der Waals surface area (Å²) in [6.45, 7) is 8.14. The van der Waals surface area contributed by atoms with E-state index in [1.54, 1.807) is 12.5 Å². The SMILES string of the molecule is COC(=O)C[C@H]1[C@]2(C)C3=C(C)[C@H](c4ccoc4)C[C@@H]3O[C@@H]2[C@@H]2OC(=O)[C@]3(C)CCC(=O)[C@@]1(C)C23. The van der Waals surface area contributed by atoms with Crippen molar-refractivity contribution >= 4 is 17.7 Å². The van der Waals surface area contributed by atoms with Crippen molar-refractivity contribution in [2.75, 3.05) is 7.11 Å². The summed E-state index contributed by atoms with van der Waals surface area (Å²) in [6.07, 6.45) is 4.04. The normalized spacial score (nSPS) is 46.7. The van der Waals surface area contributed by atoms with Crippen molar-refractivity contribution in [1.82, 2.24) is 0 Å². The van der Waals surface area contributed by atoms with Gasteiger partial charge >= 0.3 is 11.9 Å². The average molecular weight is 469 g/mol. The van der Waals surface area contributed by atoms with Gasteiger partial charge in [0, 0.05) is 29.1 Å². The minimum Gasteiger partial charge on any atom is -0.472 e. The zero-order chi connectivity index (χ0) is 24.2. The first-order chi connectivity index (χ1) is 16.1. The Hall–Kier alpha value is -2.41. The van der Waals surface area contributed by atoms with E-state index in [0.29, 0.717) is 12.8 Å². The van der Waals surface area contributed by atoms with E-state index in [-0.39, 0.29) is 48.0 Å². The molecule has 9 atom stereocenters. The predicted octanol–water partition coefficient (Wildman–Crippen LogP) is 3.97. The molecule has 0 N–H and O–H groups in total. The number of carbonyl (C=O) groups excluding carboxylic acids is 3. The summed E-state index contributed by atoms with van der Waals surface area (Å²) in [5, 5.41) is 0. The van der Waals surface area contributed by atoms with E-state index in [2.05, 4.69) is 13.8 Å². The maximum absolute atomic E-state index is 13.8. The fraction of sp³-hybridized carbons (Fsp3) is 0.667. The lowest BCUT2D eigenvalue weighted by molar-refractivity contribution is -0.197. The first kappa shape index (κ1) is 22.1. The average Bonchev–Trinajstić information content (AvgIpc) is 3.54. The smallest absolute Gasteiger partial charge is 0.312 e. The van der Waals surface area contributed by atoms with Gasteiger partial charge in [0.2, 0.25) is 0 Å². The van der Waals surface area contributed by atoms with Crippen LogP contribution in [0.4, 0.5) is 0 Å². The van der Waals surface area contributed by atoms with Crippen LogP contribution in [0.5, 0.6) is 0 Å². The second-order valence-electron chi connectivity index (χ2n) is 11.6. The van der Waals surface area contributed by atoms with E-state index < -0.39 is 28.5 Å². The van der Waals surface area contributed by atoms with E-state index in [1.807, 2.05) is 19.9 Å². The highest BCUT2D eigenvalue weighted by atomic mass is 16.6. The monoisotopic (exact) mass is 468 g/mol. The molecule has 1 aromatic heterocycles. The van der Waals surface area contributed by atoms with Gasteiger partial charge in [-0.1, -0.05) is 19.4 Å². The third-order valence-electron chi connectivity index (χ3n) is 10.3. The van der Waals surface area contributed by atoms with Gasteiger partial charge in [-0.25, -0.2) is 0 Å². The molecule has 7 heteroatoms. The lowest BCUT2D eigenvalue weighted by Crippen LogP contribution is -2.67. The molecular formula is C27H32O7. The zero-order valence-corrected chi connectivity index (χ0v) is 20.4. The molecule has 7 nitrogen and oxygen atoms in total. The number of hydrogen-bond acceptors (Lipinski definition) is 7. The molecule has 0 bridgehead atoms.